The van der Waals surface area contributed by atoms with E-state index in [1.54, 1.807) is 0 Å². The van der Waals surface area contributed by atoms with E-state index in [0.29, 0.717) is 6.04 Å². The first-order valence-corrected chi connectivity index (χ1v) is 6.91. The summed E-state index contributed by atoms with van der Waals surface area (Å²) in [6.45, 7) is 7.29. The Hall–Kier alpha value is -1.39. The molecule has 0 aliphatic carbocycles. The molecule has 0 fully saturated rings. The Kier molecular flexibility index (Phi) is 4.56. The number of aryl methyl sites for hydroxylation is 1. The van der Waals surface area contributed by atoms with Crippen LogP contribution in [-0.2, 0) is 13.6 Å². The molecule has 0 aliphatic rings. The van der Waals surface area contributed by atoms with Gasteiger partial charge in [-0.1, -0.05) is 12.1 Å². The highest BCUT2D eigenvalue weighted by Crippen LogP contribution is 2.13. The van der Waals surface area contributed by atoms with Crippen molar-refractivity contribution in [3.8, 4) is 0 Å². The summed E-state index contributed by atoms with van der Waals surface area (Å²) in [6, 6.07) is 8.85. The van der Waals surface area contributed by atoms with Crippen LogP contribution >= 0.6 is 0 Å². The molecule has 104 valence electrons. The fourth-order valence-corrected chi connectivity index (χ4v) is 2.07. The SMILES string of the molecule is CC(C)N(C)CCNCc1nc2ccccc2n1C. The molecule has 0 bridgehead atoms. The minimum atomic E-state index is 0.595. The van der Waals surface area contributed by atoms with Gasteiger partial charge < -0.3 is 14.8 Å². The van der Waals surface area contributed by atoms with E-state index in [0.717, 1.165) is 31.0 Å². The van der Waals surface area contributed by atoms with Crippen molar-refractivity contribution in [1.82, 2.24) is 19.8 Å². The van der Waals surface area contributed by atoms with Crippen LogP contribution in [0.5, 0.6) is 0 Å². The van der Waals surface area contributed by atoms with E-state index in [1.807, 2.05) is 6.07 Å². The Bertz CT molecular complexity index is 530. The molecule has 19 heavy (non-hydrogen) atoms. The summed E-state index contributed by atoms with van der Waals surface area (Å²) in [7, 11) is 4.23. The average Bonchev–Trinajstić information content (AvgIpc) is 2.72. The molecule has 0 atom stereocenters. The monoisotopic (exact) mass is 260 g/mol. The topological polar surface area (TPSA) is 33.1 Å². The van der Waals surface area contributed by atoms with Crippen LogP contribution in [0, 0.1) is 0 Å². The molecule has 0 saturated heterocycles. The predicted octanol–water partition coefficient (Wildman–Crippen LogP) is 2.00. The van der Waals surface area contributed by atoms with Gasteiger partial charge in [0.15, 0.2) is 0 Å². The Morgan fingerprint density at radius 1 is 1.32 bits per heavy atom. The Morgan fingerprint density at radius 2 is 2.05 bits per heavy atom. The van der Waals surface area contributed by atoms with Crippen LogP contribution < -0.4 is 5.32 Å². The number of aromatic nitrogens is 2. The zero-order valence-electron chi connectivity index (χ0n) is 12.3. The fraction of sp³-hybridized carbons (Fsp3) is 0.533. The zero-order chi connectivity index (χ0) is 13.8. The minimum Gasteiger partial charge on any atom is -0.330 e. The second kappa shape index (κ2) is 6.17. The molecule has 0 saturated carbocycles. The summed E-state index contributed by atoms with van der Waals surface area (Å²) in [5.41, 5.74) is 2.26. The standard InChI is InChI=1S/C15H24N4/c1-12(2)18(3)10-9-16-11-15-17-13-7-5-6-8-14(13)19(15)4/h5-8,12,16H,9-11H2,1-4H3. The smallest absolute Gasteiger partial charge is 0.123 e. The number of benzene rings is 1. The van der Waals surface area contributed by atoms with Crippen LogP contribution in [0.1, 0.15) is 19.7 Å². The first-order chi connectivity index (χ1) is 9.09. The third kappa shape index (κ3) is 3.33. The number of hydrogen-bond acceptors (Lipinski definition) is 3. The van der Waals surface area contributed by atoms with Gasteiger partial charge in [-0.25, -0.2) is 4.98 Å². The maximum absolute atomic E-state index is 4.65. The van der Waals surface area contributed by atoms with Gasteiger partial charge in [-0.15, -0.1) is 0 Å². The van der Waals surface area contributed by atoms with Crippen molar-refractivity contribution in [2.45, 2.75) is 26.4 Å². The van der Waals surface area contributed by atoms with Gasteiger partial charge in [0, 0.05) is 26.2 Å². The second-order valence-electron chi connectivity index (χ2n) is 5.33. The van der Waals surface area contributed by atoms with Gasteiger partial charge in [-0.3, -0.25) is 0 Å². The third-order valence-corrected chi connectivity index (χ3v) is 3.69. The molecule has 4 heteroatoms. The van der Waals surface area contributed by atoms with Crippen molar-refractivity contribution in [3.63, 3.8) is 0 Å². The normalized spacial score (nSPS) is 11.9. The molecule has 0 unspecified atom stereocenters. The fourth-order valence-electron chi connectivity index (χ4n) is 2.07. The number of nitrogens with one attached hydrogen (secondary N) is 1. The largest absolute Gasteiger partial charge is 0.330 e. The minimum absolute atomic E-state index is 0.595. The maximum atomic E-state index is 4.65. The van der Waals surface area contributed by atoms with Crippen molar-refractivity contribution in [3.05, 3.63) is 30.1 Å². The van der Waals surface area contributed by atoms with E-state index >= 15 is 0 Å². The van der Waals surface area contributed by atoms with Crippen molar-refractivity contribution in [1.29, 1.82) is 0 Å². The van der Waals surface area contributed by atoms with Gasteiger partial charge in [0.1, 0.15) is 5.82 Å². The maximum Gasteiger partial charge on any atom is 0.123 e. The number of rotatable bonds is 6. The van der Waals surface area contributed by atoms with Gasteiger partial charge in [-0.2, -0.15) is 0 Å². The zero-order valence-corrected chi connectivity index (χ0v) is 12.3. The van der Waals surface area contributed by atoms with Gasteiger partial charge in [0.05, 0.1) is 17.6 Å². The van der Waals surface area contributed by atoms with Crippen molar-refractivity contribution in [2.24, 2.45) is 7.05 Å². The Morgan fingerprint density at radius 3 is 2.74 bits per heavy atom. The van der Waals surface area contributed by atoms with Gasteiger partial charge in [0.25, 0.3) is 0 Å². The summed E-state index contributed by atoms with van der Waals surface area (Å²) in [6.07, 6.45) is 0. The molecule has 2 rings (SSSR count). The molecule has 4 nitrogen and oxygen atoms in total. The van der Waals surface area contributed by atoms with Crippen LogP contribution in [0.3, 0.4) is 0 Å². The van der Waals surface area contributed by atoms with E-state index in [2.05, 4.69) is 65.9 Å². The van der Waals surface area contributed by atoms with E-state index in [9.17, 15) is 0 Å². The molecular weight excluding hydrogens is 236 g/mol. The molecule has 1 aromatic carbocycles. The Labute approximate surface area is 115 Å². The number of para-hydroxylation sites is 2. The summed E-state index contributed by atoms with van der Waals surface area (Å²) in [5, 5.41) is 3.46. The summed E-state index contributed by atoms with van der Waals surface area (Å²) >= 11 is 0. The lowest BCUT2D eigenvalue weighted by Crippen LogP contribution is -2.33. The van der Waals surface area contributed by atoms with E-state index in [1.165, 1.54) is 5.52 Å². The van der Waals surface area contributed by atoms with Crippen LogP contribution in [0.25, 0.3) is 11.0 Å². The molecule has 1 heterocycles. The Balaban J connectivity index is 1.90. The second-order valence-corrected chi connectivity index (χ2v) is 5.33. The number of nitrogens with zero attached hydrogens (tertiary/aromatic N) is 3. The molecular formula is C15H24N4. The van der Waals surface area contributed by atoms with Crippen molar-refractivity contribution in [2.75, 3.05) is 20.1 Å². The van der Waals surface area contributed by atoms with E-state index in [-0.39, 0.29) is 0 Å². The average molecular weight is 260 g/mol. The molecule has 0 aliphatic heterocycles. The van der Waals surface area contributed by atoms with Crippen molar-refractivity contribution >= 4 is 11.0 Å². The highest BCUT2D eigenvalue weighted by molar-refractivity contribution is 5.75. The lowest BCUT2D eigenvalue weighted by atomic mass is 10.3. The number of likely N-dealkylation sites (N-methyl/N-ethyl adjacent to an activating group) is 1. The first kappa shape index (κ1) is 14.0. The summed E-state index contributed by atoms with van der Waals surface area (Å²) in [5.74, 6) is 1.09. The predicted molar refractivity (Wildman–Crippen MR) is 80.2 cm³/mol. The van der Waals surface area contributed by atoms with Gasteiger partial charge >= 0.3 is 0 Å². The first-order valence-electron chi connectivity index (χ1n) is 6.91. The summed E-state index contributed by atoms with van der Waals surface area (Å²) < 4.78 is 2.16. The van der Waals surface area contributed by atoms with Crippen LogP contribution in [0.15, 0.2) is 24.3 Å². The van der Waals surface area contributed by atoms with Crippen LogP contribution in [0.2, 0.25) is 0 Å². The molecule has 0 radical (unpaired) electrons. The van der Waals surface area contributed by atoms with Gasteiger partial charge in [-0.05, 0) is 33.0 Å². The van der Waals surface area contributed by atoms with Crippen molar-refractivity contribution < 1.29 is 0 Å². The number of fused-ring (bicyclic) bond motifs is 1. The lowest BCUT2D eigenvalue weighted by molar-refractivity contribution is 0.273. The third-order valence-electron chi connectivity index (χ3n) is 3.69. The molecule has 1 N–H and O–H groups in total. The number of imidazole rings is 1. The molecule has 0 spiro atoms. The quantitative estimate of drug-likeness (QED) is 0.807. The molecule has 0 amide bonds. The van der Waals surface area contributed by atoms with Crippen LogP contribution in [0.4, 0.5) is 0 Å². The highest BCUT2D eigenvalue weighted by Gasteiger charge is 2.07. The lowest BCUT2D eigenvalue weighted by Gasteiger charge is -2.20. The van der Waals surface area contributed by atoms with E-state index < -0.39 is 0 Å². The van der Waals surface area contributed by atoms with Gasteiger partial charge in [0.2, 0.25) is 0 Å². The number of hydrogen-bond donors (Lipinski definition) is 1. The van der Waals surface area contributed by atoms with E-state index in [4.69, 9.17) is 0 Å². The summed E-state index contributed by atoms with van der Waals surface area (Å²) in [4.78, 5) is 6.99. The van der Waals surface area contributed by atoms with Crippen LogP contribution in [-0.4, -0.2) is 40.6 Å². The molecule has 2 aromatic rings. The highest BCUT2D eigenvalue weighted by atomic mass is 15.1. The molecule has 1 aromatic heterocycles.